The van der Waals surface area contributed by atoms with Crippen LogP contribution in [0.4, 0.5) is 0 Å². The number of nitrogens with one attached hydrogen (secondary N) is 2. The summed E-state index contributed by atoms with van der Waals surface area (Å²) in [6.07, 6.45) is 4.02. The Hall–Kier alpha value is -0.860. The summed E-state index contributed by atoms with van der Waals surface area (Å²) < 4.78 is 0. The predicted octanol–water partition coefficient (Wildman–Crippen LogP) is 2.95. The monoisotopic (exact) mass is 246 g/mol. The molecular formula is C16H26N2. The second-order valence-corrected chi connectivity index (χ2v) is 5.81. The lowest BCUT2D eigenvalue weighted by atomic mass is 9.62. The van der Waals surface area contributed by atoms with E-state index >= 15 is 0 Å². The second-order valence-electron chi connectivity index (χ2n) is 5.81. The molecule has 1 aliphatic rings. The largest absolute Gasteiger partial charge is 0.319 e. The third kappa shape index (κ3) is 2.32. The van der Waals surface area contributed by atoms with Crippen molar-refractivity contribution < 1.29 is 0 Å². The van der Waals surface area contributed by atoms with Crippen molar-refractivity contribution in [3.63, 3.8) is 0 Å². The van der Waals surface area contributed by atoms with E-state index in [4.69, 9.17) is 0 Å². The zero-order chi connectivity index (χ0) is 13.2. The van der Waals surface area contributed by atoms with Crippen molar-refractivity contribution in [1.29, 1.82) is 0 Å². The van der Waals surface area contributed by atoms with Gasteiger partial charge in [-0.25, -0.2) is 0 Å². The first kappa shape index (κ1) is 13.6. The van der Waals surface area contributed by atoms with Crippen LogP contribution in [0.3, 0.4) is 0 Å². The second kappa shape index (κ2) is 5.41. The zero-order valence-corrected chi connectivity index (χ0v) is 12.1. The standard InChI is InChI=1S/C16H26N2/c1-12-6-7-14(10-13(12)2)15(18-4)16(11-17-3)8-5-9-16/h6-7,10,15,17-18H,5,8-9,11H2,1-4H3. The SMILES string of the molecule is CNCC1(C(NC)c2ccc(C)c(C)c2)CCC1. The summed E-state index contributed by atoms with van der Waals surface area (Å²) in [5.74, 6) is 0. The molecule has 2 heteroatoms. The minimum atomic E-state index is 0.408. The van der Waals surface area contributed by atoms with Crippen LogP contribution in [-0.2, 0) is 0 Å². The molecule has 1 fully saturated rings. The molecular weight excluding hydrogens is 220 g/mol. The predicted molar refractivity (Wildman–Crippen MR) is 77.9 cm³/mol. The van der Waals surface area contributed by atoms with Gasteiger partial charge in [0, 0.05) is 18.0 Å². The molecule has 1 atom stereocenters. The van der Waals surface area contributed by atoms with Gasteiger partial charge in [0.05, 0.1) is 0 Å². The van der Waals surface area contributed by atoms with Gasteiger partial charge in [0.25, 0.3) is 0 Å². The van der Waals surface area contributed by atoms with Crippen molar-refractivity contribution in [2.24, 2.45) is 5.41 Å². The minimum Gasteiger partial charge on any atom is -0.319 e. The lowest BCUT2D eigenvalue weighted by Gasteiger charge is -2.48. The Morgan fingerprint density at radius 1 is 1.17 bits per heavy atom. The minimum absolute atomic E-state index is 0.408. The summed E-state index contributed by atoms with van der Waals surface area (Å²) in [7, 11) is 4.16. The molecule has 0 aromatic heterocycles. The van der Waals surface area contributed by atoms with Gasteiger partial charge in [0.2, 0.25) is 0 Å². The van der Waals surface area contributed by atoms with E-state index in [1.807, 2.05) is 0 Å². The van der Waals surface area contributed by atoms with E-state index in [-0.39, 0.29) is 0 Å². The number of hydrogen-bond donors (Lipinski definition) is 2. The number of rotatable bonds is 5. The number of hydrogen-bond acceptors (Lipinski definition) is 2. The van der Waals surface area contributed by atoms with Crippen LogP contribution in [0.1, 0.15) is 42.0 Å². The summed E-state index contributed by atoms with van der Waals surface area (Å²) in [6.45, 7) is 5.49. The number of aryl methyl sites for hydroxylation is 2. The Morgan fingerprint density at radius 3 is 2.33 bits per heavy atom. The van der Waals surface area contributed by atoms with Crippen molar-refractivity contribution in [3.05, 3.63) is 34.9 Å². The maximum Gasteiger partial charge on any atom is 0.0387 e. The Labute approximate surface area is 111 Å². The van der Waals surface area contributed by atoms with Crippen LogP contribution in [0.15, 0.2) is 18.2 Å². The van der Waals surface area contributed by atoms with Gasteiger partial charge in [0.1, 0.15) is 0 Å². The van der Waals surface area contributed by atoms with Gasteiger partial charge in [-0.05, 0) is 57.5 Å². The van der Waals surface area contributed by atoms with E-state index in [1.165, 1.54) is 36.0 Å². The van der Waals surface area contributed by atoms with Gasteiger partial charge >= 0.3 is 0 Å². The van der Waals surface area contributed by atoms with Gasteiger partial charge in [0.15, 0.2) is 0 Å². The molecule has 2 N–H and O–H groups in total. The van der Waals surface area contributed by atoms with Gasteiger partial charge in [-0.1, -0.05) is 24.6 Å². The molecule has 0 aliphatic heterocycles. The fourth-order valence-corrected chi connectivity index (χ4v) is 3.32. The molecule has 100 valence electrons. The molecule has 1 unspecified atom stereocenters. The Kier molecular flexibility index (Phi) is 4.08. The van der Waals surface area contributed by atoms with Gasteiger partial charge in [-0.2, -0.15) is 0 Å². The summed E-state index contributed by atoms with van der Waals surface area (Å²) in [6, 6.07) is 7.37. The Bertz CT molecular complexity index is 408. The van der Waals surface area contributed by atoms with E-state index in [9.17, 15) is 0 Å². The van der Waals surface area contributed by atoms with E-state index in [1.54, 1.807) is 0 Å². The van der Waals surface area contributed by atoms with Crippen molar-refractivity contribution in [2.45, 2.75) is 39.2 Å². The van der Waals surface area contributed by atoms with Crippen LogP contribution < -0.4 is 10.6 Å². The molecule has 18 heavy (non-hydrogen) atoms. The topological polar surface area (TPSA) is 24.1 Å². The fraction of sp³-hybridized carbons (Fsp3) is 0.625. The highest BCUT2D eigenvalue weighted by atomic mass is 14.9. The van der Waals surface area contributed by atoms with Crippen LogP contribution in [-0.4, -0.2) is 20.6 Å². The van der Waals surface area contributed by atoms with Gasteiger partial charge in [-0.3, -0.25) is 0 Å². The van der Waals surface area contributed by atoms with Crippen molar-refractivity contribution in [3.8, 4) is 0 Å². The molecule has 0 radical (unpaired) electrons. The molecule has 0 spiro atoms. The van der Waals surface area contributed by atoms with Crippen LogP contribution in [0.25, 0.3) is 0 Å². The third-order valence-corrected chi connectivity index (χ3v) is 4.64. The van der Waals surface area contributed by atoms with E-state index < -0.39 is 0 Å². The molecule has 1 aromatic rings. The third-order valence-electron chi connectivity index (χ3n) is 4.64. The molecule has 0 heterocycles. The van der Waals surface area contributed by atoms with Crippen LogP contribution >= 0.6 is 0 Å². The molecule has 1 saturated carbocycles. The van der Waals surface area contributed by atoms with E-state index in [0.717, 1.165) is 6.54 Å². The molecule has 1 aliphatic carbocycles. The molecule has 0 amide bonds. The van der Waals surface area contributed by atoms with Crippen molar-refractivity contribution >= 4 is 0 Å². The summed E-state index contributed by atoms with van der Waals surface area (Å²) in [5.41, 5.74) is 4.62. The highest BCUT2D eigenvalue weighted by Gasteiger charge is 2.43. The van der Waals surface area contributed by atoms with Crippen LogP contribution in [0.2, 0.25) is 0 Å². The van der Waals surface area contributed by atoms with Gasteiger partial charge in [-0.15, -0.1) is 0 Å². The van der Waals surface area contributed by atoms with E-state index in [0.29, 0.717) is 11.5 Å². The highest BCUT2D eigenvalue weighted by molar-refractivity contribution is 5.33. The zero-order valence-electron chi connectivity index (χ0n) is 12.1. The summed E-state index contributed by atoms with van der Waals surface area (Å²) >= 11 is 0. The highest BCUT2D eigenvalue weighted by Crippen LogP contribution is 2.49. The Morgan fingerprint density at radius 2 is 1.89 bits per heavy atom. The number of benzene rings is 1. The average Bonchev–Trinajstić information content (AvgIpc) is 2.31. The molecule has 0 saturated heterocycles. The molecule has 2 nitrogen and oxygen atoms in total. The molecule has 2 rings (SSSR count). The first-order valence-corrected chi connectivity index (χ1v) is 7.02. The van der Waals surface area contributed by atoms with Crippen LogP contribution in [0, 0.1) is 19.3 Å². The normalized spacial score (nSPS) is 19.3. The first-order valence-electron chi connectivity index (χ1n) is 7.02. The lowest BCUT2D eigenvalue weighted by Crippen LogP contribution is -2.48. The van der Waals surface area contributed by atoms with E-state index in [2.05, 4.69) is 56.8 Å². The first-order chi connectivity index (χ1) is 8.63. The quantitative estimate of drug-likeness (QED) is 0.834. The molecule has 1 aromatic carbocycles. The smallest absolute Gasteiger partial charge is 0.0387 e. The molecule has 0 bridgehead atoms. The maximum absolute atomic E-state index is 3.55. The van der Waals surface area contributed by atoms with Crippen molar-refractivity contribution in [1.82, 2.24) is 10.6 Å². The summed E-state index contributed by atoms with van der Waals surface area (Å²) in [5, 5.41) is 6.93. The lowest BCUT2D eigenvalue weighted by molar-refractivity contribution is 0.0788. The van der Waals surface area contributed by atoms with Gasteiger partial charge < -0.3 is 10.6 Å². The Balaban J connectivity index is 2.29. The van der Waals surface area contributed by atoms with Crippen molar-refractivity contribution in [2.75, 3.05) is 20.6 Å². The maximum atomic E-state index is 3.55. The fourth-order valence-electron chi connectivity index (χ4n) is 3.32. The van der Waals surface area contributed by atoms with Crippen LogP contribution in [0.5, 0.6) is 0 Å². The summed E-state index contributed by atoms with van der Waals surface area (Å²) in [4.78, 5) is 0. The average molecular weight is 246 g/mol.